The van der Waals surface area contributed by atoms with Gasteiger partial charge in [-0.2, -0.15) is 0 Å². The molecule has 0 radical (unpaired) electrons. The van der Waals surface area contributed by atoms with Crippen LogP contribution in [0.25, 0.3) is 83.1 Å². The van der Waals surface area contributed by atoms with Crippen molar-refractivity contribution < 1.29 is 0 Å². The maximum Gasteiger partial charge on any atom is 0.0714 e. The van der Waals surface area contributed by atoms with Gasteiger partial charge in [-0.15, -0.1) is 0 Å². The number of para-hydroxylation sites is 2. The lowest BCUT2D eigenvalue weighted by atomic mass is 9.67. The lowest BCUT2D eigenvalue weighted by Crippen LogP contribution is -2.28. The van der Waals surface area contributed by atoms with Gasteiger partial charge in [-0.3, -0.25) is 0 Å². The molecule has 0 fully saturated rings. The van der Waals surface area contributed by atoms with Crippen LogP contribution in [0.5, 0.6) is 0 Å². The second kappa shape index (κ2) is 18.4. The lowest BCUT2D eigenvalue weighted by molar-refractivity contribution is 0.767. The molecule has 0 aliphatic heterocycles. The highest BCUT2D eigenvalue weighted by atomic mass is 15.1. The van der Waals surface area contributed by atoms with Crippen LogP contribution in [0, 0.1) is 0 Å². The topological polar surface area (TPSA) is 8.17 Å². The first-order valence-corrected chi connectivity index (χ1v) is 25.9. The number of nitrogens with zero attached hydrogens (tertiary/aromatic N) is 2. The van der Waals surface area contributed by atoms with Crippen molar-refractivity contribution in [3.8, 4) is 61.3 Å². The van der Waals surface area contributed by atoms with Crippen molar-refractivity contribution in [3.63, 3.8) is 0 Å². The number of fused-ring (bicyclic) bond motifs is 6. The molecule has 13 aromatic rings. The molecule has 0 amide bonds. The van der Waals surface area contributed by atoms with E-state index in [1.807, 2.05) is 0 Å². The average Bonchev–Trinajstić information content (AvgIpc) is 4.04. The molecule has 0 spiro atoms. The molecule has 0 N–H and O–H groups in total. The van der Waals surface area contributed by atoms with Gasteiger partial charge in [0.1, 0.15) is 0 Å². The molecule has 0 unspecified atom stereocenters. The van der Waals surface area contributed by atoms with Gasteiger partial charge in [-0.05, 0) is 145 Å². The van der Waals surface area contributed by atoms with Crippen molar-refractivity contribution >= 4 is 38.9 Å². The molecule has 1 heterocycles. The fraction of sp³-hybridized carbons (Fsp3) is 0.0137. The Morgan fingerprint density at radius 3 is 1.37 bits per heavy atom. The Labute approximate surface area is 438 Å². The van der Waals surface area contributed by atoms with E-state index in [9.17, 15) is 0 Å². The van der Waals surface area contributed by atoms with E-state index in [4.69, 9.17) is 0 Å². The zero-order valence-corrected chi connectivity index (χ0v) is 41.3. The highest BCUT2D eigenvalue weighted by molar-refractivity contribution is 6.10. The molecule has 1 aliphatic rings. The predicted octanol–water partition coefficient (Wildman–Crippen LogP) is 19.3. The van der Waals surface area contributed by atoms with Crippen LogP contribution < -0.4 is 4.90 Å². The van der Waals surface area contributed by atoms with Crippen molar-refractivity contribution in [2.75, 3.05) is 4.90 Å². The van der Waals surface area contributed by atoms with Gasteiger partial charge in [0.15, 0.2) is 0 Å². The minimum absolute atomic E-state index is 0.491. The van der Waals surface area contributed by atoms with Gasteiger partial charge in [0.25, 0.3) is 0 Å². The second-order valence-electron chi connectivity index (χ2n) is 19.6. The summed E-state index contributed by atoms with van der Waals surface area (Å²) in [6, 6.07) is 111. The zero-order valence-electron chi connectivity index (χ0n) is 41.3. The van der Waals surface area contributed by atoms with Gasteiger partial charge in [0.2, 0.25) is 0 Å². The first-order valence-electron chi connectivity index (χ1n) is 25.9. The number of hydrogen-bond donors (Lipinski definition) is 0. The van der Waals surface area contributed by atoms with E-state index < -0.39 is 5.41 Å². The largest absolute Gasteiger partial charge is 0.310 e. The van der Waals surface area contributed by atoms with E-state index in [1.165, 1.54) is 88.6 Å². The summed E-state index contributed by atoms with van der Waals surface area (Å²) in [5.41, 5.74) is 23.4. The maximum absolute atomic E-state index is 2.48. The van der Waals surface area contributed by atoms with E-state index in [-0.39, 0.29) is 0 Å². The number of anilines is 3. The second-order valence-corrected chi connectivity index (χ2v) is 19.6. The Hall–Kier alpha value is -9.76. The smallest absolute Gasteiger partial charge is 0.0714 e. The van der Waals surface area contributed by atoms with Crippen LogP contribution in [0.2, 0.25) is 0 Å². The lowest BCUT2D eigenvalue weighted by Gasteiger charge is -2.34. The quantitative estimate of drug-likeness (QED) is 0.133. The Bertz CT molecular complexity index is 4100. The van der Waals surface area contributed by atoms with Crippen LogP contribution in [0.3, 0.4) is 0 Å². The molecular weight excluding hydrogens is 905 g/mol. The summed E-state index contributed by atoms with van der Waals surface area (Å²) in [6.07, 6.45) is 0. The fourth-order valence-electron chi connectivity index (χ4n) is 12.0. The molecule has 1 aromatic heterocycles. The predicted molar refractivity (Wildman–Crippen MR) is 315 cm³/mol. The molecule has 12 aromatic carbocycles. The Morgan fingerprint density at radius 1 is 0.253 bits per heavy atom. The van der Waals surface area contributed by atoms with Gasteiger partial charge in [0.05, 0.1) is 16.4 Å². The summed E-state index contributed by atoms with van der Waals surface area (Å²) < 4.78 is 2.48. The Morgan fingerprint density at radius 2 is 0.720 bits per heavy atom. The van der Waals surface area contributed by atoms with E-state index >= 15 is 0 Å². The van der Waals surface area contributed by atoms with Crippen LogP contribution in [0.15, 0.2) is 303 Å². The molecule has 0 bridgehead atoms. The van der Waals surface area contributed by atoms with Crippen molar-refractivity contribution in [2.24, 2.45) is 0 Å². The highest BCUT2D eigenvalue weighted by Gasteiger charge is 2.46. The average molecular weight is 955 g/mol. The normalized spacial score (nSPS) is 12.4. The first kappa shape index (κ1) is 44.0. The van der Waals surface area contributed by atoms with Gasteiger partial charge in [-0.25, -0.2) is 0 Å². The molecule has 2 nitrogen and oxygen atoms in total. The van der Waals surface area contributed by atoms with Crippen LogP contribution >= 0.6 is 0 Å². The van der Waals surface area contributed by atoms with Gasteiger partial charge >= 0.3 is 0 Å². The zero-order chi connectivity index (χ0) is 49.7. The Kier molecular flexibility index (Phi) is 10.8. The molecule has 75 heavy (non-hydrogen) atoms. The summed E-state index contributed by atoms with van der Waals surface area (Å²) >= 11 is 0. The molecule has 0 atom stereocenters. The molecule has 0 saturated heterocycles. The van der Waals surface area contributed by atoms with Gasteiger partial charge in [-0.1, -0.05) is 237 Å². The minimum Gasteiger partial charge on any atom is -0.310 e. The molecule has 14 rings (SSSR count). The number of rotatable bonds is 10. The standard InChI is InChI=1S/C73H50N2/c1-6-21-51(22-7-1)57-45-58(52-23-8-2-9-24-52)48-64(47-57)74(61-30-14-5-15-31-61)62-32-20-25-55(46-62)53-37-39-54(40-38-53)56-41-43-68-67-34-17-19-36-71(67)75(72(68)49-56)63-42-44-66-65-33-16-18-35-69(65)73(70(66)50-63,59-26-10-3-11-27-59)60-28-12-4-13-29-60/h1-50H. The summed E-state index contributed by atoms with van der Waals surface area (Å²) in [5.74, 6) is 0. The first-order chi connectivity index (χ1) is 37.2. The minimum atomic E-state index is -0.491. The van der Waals surface area contributed by atoms with E-state index in [0.29, 0.717) is 0 Å². The number of hydrogen-bond acceptors (Lipinski definition) is 1. The highest BCUT2D eigenvalue weighted by Crippen LogP contribution is 2.56. The molecule has 0 saturated carbocycles. The third-order valence-electron chi connectivity index (χ3n) is 15.4. The van der Waals surface area contributed by atoms with Gasteiger partial charge in [0, 0.05) is 33.5 Å². The van der Waals surface area contributed by atoms with Crippen molar-refractivity contribution in [1.29, 1.82) is 0 Å². The van der Waals surface area contributed by atoms with Crippen LogP contribution in [0.1, 0.15) is 22.3 Å². The van der Waals surface area contributed by atoms with Gasteiger partial charge < -0.3 is 9.47 Å². The molecule has 1 aliphatic carbocycles. The monoisotopic (exact) mass is 954 g/mol. The van der Waals surface area contributed by atoms with E-state index in [0.717, 1.165) is 33.9 Å². The summed E-state index contributed by atoms with van der Waals surface area (Å²) in [5, 5.41) is 2.47. The number of aromatic nitrogens is 1. The van der Waals surface area contributed by atoms with Crippen LogP contribution in [0.4, 0.5) is 17.1 Å². The van der Waals surface area contributed by atoms with E-state index in [2.05, 4.69) is 313 Å². The Balaban J connectivity index is 0.860. The molecule has 2 heteroatoms. The fourth-order valence-corrected chi connectivity index (χ4v) is 12.0. The van der Waals surface area contributed by atoms with Crippen molar-refractivity contribution in [3.05, 3.63) is 326 Å². The number of benzene rings is 12. The van der Waals surface area contributed by atoms with Crippen LogP contribution in [-0.2, 0) is 5.41 Å². The van der Waals surface area contributed by atoms with Crippen LogP contribution in [-0.4, -0.2) is 4.57 Å². The summed E-state index contributed by atoms with van der Waals surface area (Å²) in [6.45, 7) is 0. The molecular formula is C73H50N2. The van der Waals surface area contributed by atoms with Crippen molar-refractivity contribution in [1.82, 2.24) is 4.57 Å². The third-order valence-corrected chi connectivity index (χ3v) is 15.4. The van der Waals surface area contributed by atoms with Crippen molar-refractivity contribution in [2.45, 2.75) is 5.41 Å². The van der Waals surface area contributed by atoms with E-state index in [1.54, 1.807) is 0 Å². The maximum atomic E-state index is 2.48. The third kappa shape index (κ3) is 7.49. The summed E-state index contributed by atoms with van der Waals surface area (Å²) in [4.78, 5) is 2.38. The summed E-state index contributed by atoms with van der Waals surface area (Å²) in [7, 11) is 0. The SMILES string of the molecule is c1ccc(-c2cc(-c3ccccc3)cc(N(c3ccccc3)c3cccc(-c4ccc(-c5ccc6c7ccccc7n(-c7ccc8c(c7)C(c7ccccc7)(c7ccccc7)c7ccccc7-8)c6c5)cc4)c3)c2)cc1. The molecule has 352 valence electrons.